The number of nitrogens with one attached hydrogen (secondary N) is 1. The molecule has 21 heavy (non-hydrogen) atoms. The number of benzene rings is 1. The highest BCUT2D eigenvalue weighted by Crippen LogP contribution is 2.16. The van der Waals surface area contributed by atoms with Crippen molar-refractivity contribution in [3.8, 4) is 5.75 Å². The van der Waals surface area contributed by atoms with Gasteiger partial charge in [0.25, 0.3) is 0 Å². The number of aromatic nitrogens is 1. The summed E-state index contributed by atoms with van der Waals surface area (Å²) in [5, 5.41) is 6.01. The van der Waals surface area contributed by atoms with E-state index in [9.17, 15) is 4.79 Å². The molecular weight excluding hydrogens is 328 g/mol. The maximum Gasteiger partial charge on any atom is 0.236 e. The molecule has 2 rings (SSSR count). The van der Waals surface area contributed by atoms with Crippen LogP contribution in [0.3, 0.4) is 0 Å². The first kappa shape index (κ1) is 16.1. The Bertz CT molecular complexity index is 587. The zero-order valence-electron chi connectivity index (χ0n) is 11.5. The molecule has 1 heterocycles. The molecule has 0 spiro atoms. The molecule has 0 atom stereocenters. The summed E-state index contributed by atoms with van der Waals surface area (Å²) in [6.45, 7) is 2.45. The molecule has 0 radical (unpaired) electrons. The first-order chi connectivity index (χ1) is 10.1. The Kier molecular flexibility index (Phi) is 6.35. The Morgan fingerprint density at radius 1 is 1.43 bits per heavy atom. The molecule has 0 unspecified atom stereocenters. The van der Waals surface area contributed by atoms with Gasteiger partial charge in [-0.1, -0.05) is 11.6 Å². The highest BCUT2D eigenvalue weighted by Gasteiger charge is 2.05. The van der Waals surface area contributed by atoms with Crippen LogP contribution < -0.4 is 10.1 Å². The molecule has 2 aromatic rings. The predicted octanol–water partition coefficient (Wildman–Crippen LogP) is 3.86. The fourth-order valence-electron chi connectivity index (χ4n) is 1.48. The van der Waals surface area contributed by atoms with Crippen LogP contribution in [0.4, 0.5) is 5.13 Å². The molecule has 0 fully saturated rings. The third kappa shape index (κ3) is 5.95. The van der Waals surface area contributed by atoms with Crippen molar-refractivity contribution >= 4 is 45.7 Å². The Morgan fingerprint density at radius 2 is 2.19 bits per heavy atom. The summed E-state index contributed by atoms with van der Waals surface area (Å²) in [5.74, 6) is 1.87. The summed E-state index contributed by atoms with van der Waals surface area (Å²) in [5.41, 5.74) is 0.916. The summed E-state index contributed by atoms with van der Waals surface area (Å²) in [6.07, 6.45) is 0. The lowest BCUT2D eigenvalue weighted by molar-refractivity contribution is -0.113. The molecule has 112 valence electrons. The predicted molar refractivity (Wildman–Crippen MR) is 89.8 cm³/mol. The van der Waals surface area contributed by atoms with E-state index in [0.717, 1.165) is 17.2 Å². The number of hydrogen-bond donors (Lipinski definition) is 1. The van der Waals surface area contributed by atoms with E-state index >= 15 is 0 Å². The number of rotatable bonds is 7. The Balaban J connectivity index is 1.59. The largest absolute Gasteiger partial charge is 0.493 e. The molecule has 0 saturated heterocycles. The van der Waals surface area contributed by atoms with Gasteiger partial charge >= 0.3 is 0 Å². The topological polar surface area (TPSA) is 51.2 Å². The molecular formula is C14H15ClN2O2S2. The number of ether oxygens (including phenoxy) is 1. The Morgan fingerprint density at radius 3 is 2.86 bits per heavy atom. The number of hydrogen-bond acceptors (Lipinski definition) is 5. The zero-order chi connectivity index (χ0) is 15.1. The Labute approximate surface area is 136 Å². The number of carbonyl (C=O) groups is 1. The number of carbonyl (C=O) groups excluding carboxylic acids is 1. The van der Waals surface area contributed by atoms with Crippen molar-refractivity contribution in [1.29, 1.82) is 0 Å². The van der Waals surface area contributed by atoms with Crippen molar-refractivity contribution in [3.63, 3.8) is 0 Å². The lowest BCUT2D eigenvalue weighted by atomic mass is 10.3. The molecule has 0 aliphatic rings. The van der Waals surface area contributed by atoms with E-state index < -0.39 is 0 Å². The molecule has 1 N–H and O–H groups in total. The highest BCUT2D eigenvalue weighted by atomic mass is 35.5. The van der Waals surface area contributed by atoms with Crippen LogP contribution in [0.15, 0.2) is 29.6 Å². The SMILES string of the molecule is Cc1csc(NC(=O)CSCCOc2ccc(Cl)cc2)n1. The monoisotopic (exact) mass is 342 g/mol. The third-order valence-corrected chi connectivity index (χ3v) is 4.46. The van der Waals surface area contributed by atoms with Crippen LogP contribution in [-0.4, -0.2) is 29.0 Å². The van der Waals surface area contributed by atoms with E-state index in [2.05, 4.69) is 10.3 Å². The molecule has 4 nitrogen and oxygen atoms in total. The molecule has 0 aliphatic heterocycles. The summed E-state index contributed by atoms with van der Waals surface area (Å²) in [6, 6.07) is 7.22. The van der Waals surface area contributed by atoms with Crippen LogP contribution in [0.25, 0.3) is 0 Å². The molecule has 1 aromatic carbocycles. The van der Waals surface area contributed by atoms with E-state index in [1.807, 2.05) is 24.4 Å². The van der Waals surface area contributed by atoms with E-state index in [0.29, 0.717) is 22.5 Å². The summed E-state index contributed by atoms with van der Waals surface area (Å²) in [7, 11) is 0. The van der Waals surface area contributed by atoms with Gasteiger partial charge in [-0.05, 0) is 31.2 Å². The zero-order valence-corrected chi connectivity index (χ0v) is 13.9. The van der Waals surface area contributed by atoms with E-state index in [1.54, 1.807) is 12.1 Å². The van der Waals surface area contributed by atoms with E-state index in [4.69, 9.17) is 16.3 Å². The first-order valence-corrected chi connectivity index (χ1v) is 8.73. The molecule has 0 saturated carbocycles. The van der Waals surface area contributed by atoms with E-state index in [-0.39, 0.29) is 5.91 Å². The Hall–Kier alpha value is -1.24. The maximum atomic E-state index is 11.7. The van der Waals surface area contributed by atoms with Crippen LogP contribution in [0.2, 0.25) is 5.02 Å². The van der Waals surface area contributed by atoms with Crippen molar-refractivity contribution in [3.05, 3.63) is 40.4 Å². The summed E-state index contributed by atoms with van der Waals surface area (Å²) < 4.78 is 5.54. The number of aryl methyl sites for hydroxylation is 1. The van der Waals surface area contributed by atoms with Gasteiger partial charge < -0.3 is 10.1 Å². The molecule has 1 amide bonds. The van der Waals surface area contributed by atoms with E-state index in [1.165, 1.54) is 23.1 Å². The fraction of sp³-hybridized carbons (Fsp3) is 0.286. The van der Waals surface area contributed by atoms with Crippen LogP contribution >= 0.6 is 34.7 Å². The number of anilines is 1. The van der Waals surface area contributed by atoms with Crippen molar-refractivity contribution in [1.82, 2.24) is 4.98 Å². The van der Waals surface area contributed by atoms with Crippen molar-refractivity contribution in [2.24, 2.45) is 0 Å². The van der Waals surface area contributed by atoms with Crippen LogP contribution in [-0.2, 0) is 4.79 Å². The van der Waals surface area contributed by atoms with Gasteiger partial charge in [-0.15, -0.1) is 23.1 Å². The van der Waals surface area contributed by atoms with Gasteiger partial charge in [-0.2, -0.15) is 0 Å². The van der Waals surface area contributed by atoms with Crippen molar-refractivity contribution in [2.45, 2.75) is 6.92 Å². The first-order valence-electron chi connectivity index (χ1n) is 6.31. The van der Waals surface area contributed by atoms with Gasteiger partial charge in [0.2, 0.25) is 5.91 Å². The van der Waals surface area contributed by atoms with Gasteiger partial charge in [0.15, 0.2) is 5.13 Å². The summed E-state index contributed by atoms with van der Waals surface area (Å²) in [4.78, 5) is 15.9. The van der Waals surface area contributed by atoms with Gasteiger partial charge in [0.1, 0.15) is 5.75 Å². The van der Waals surface area contributed by atoms with Gasteiger partial charge in [0, 0.05) is 16.2 Å². The number of amides is 1. The molecule has 1 aromatic heterocycles. The van der Waals surface area contributed by atoms with Crippen LogP contribution in [0.5, 0.6) is 5.75 Å². The minimum Gasteiger partial charge on any atom is -0.493 e. The maximum absolute atomic E-state index is 11.7. The normalized spacial score (nSPS) is 10.4. The van der Waals surface area contributed by atoms with Crippen molar-refractivity contribution in [2.75, 3.05) is 23.4 Å². The lowest BCUT2D eigenvalue weighted by Gasteiger charge is -2.06. The summed E-state index contributed by atoms with van der Waals surface area (Å²) >= 11 is 8.75. The average Bonchev–Trinajstić information content (AvgIpc) is 2.86. The van der Waals surface area contributed by atoms with Gasteiger partial charge in [0.05, 0.1) is 18.1 Å². The van der Waals surface area contributed by atoms with Crippen LogP contribution in [0, 0.1) is 6.92 Å². The molecule has 0 bridgehead atoms. The average molecular weight is 343 g/mol. The van der Waals surface area contributed by atoms with Crippen molar-refractivity contribution < 1.29 is 9.53 Å². The number of nitrogens with zero attached hydrogens (tertiary/aromatic N) is 1. The third-order valence-electron chi connectivity index (χ3n) is 2.41. The second-order valence-electron chi connectivity index (χ2n) is 4.20. The lowest BCUT2D eigenvalue weighted by Crippen LogP contribution is -2.15. The van der Waals surface area contributed by atoms with Gasteiger partial charge in [-0.25, -0.2) is 4.98 Å². The van der Waals surface area contributed by atoms with Crippen LogP contribution in [0.1, 0.15) is 5.69 Å². The number of thiazole rings is 1. The second-order valence-corrected chi connectivity index (χ2v) is 6.60. The second kappa shape index (κ2) is 8.26. The number of halogens is 1. The standard InChI is InChI=1S/C14H15ClN2O2S2/c1-10-8-21-14(16-10)17-13(18)9-20-7-6-19-12-4-2-11(15)3-5-12/h2-5,8H,6-7,9H2,1H3,(H,16,17,18). The molecule has 0 aliphatic carbocycles. The smallest absolute Gasteiger partial charge is 0.236 e. The number of thioether (sulfide) groups is 1. The minimum absolute atomic E-state index is 0.0409. The highest BCUT2D eigenvalue weighted by molar-refractivity contribution is 7.99. The fourth-order valence-corrected chi connectivity index (χ4v) is 2.91. The molecule has 7 heteroatoms. The minimum atomic E-state index is -0.0409. The van der Waals surface area contributed by atoms with Gasteiger partial charge in [-0.3, -0.25) is 4.79 Å². The quantitative estimate of drug-likeness (QED) is 0.776.